The molecule has 0 aliphatic rings. The van der Waals surface area contributed by atoms with Crippen LogP contribution in [0, 0.1) is 0 Å². The van der Waals surface area contributed by atoms with Crippen LogP contribution in [-0.2, 0) is 4.74 Å². The number of amides is 3. The minimum atomic E-state index is -0.749. The third kappa shape index (κ3) is 7.73. The number of hydrogen-bond donors (Lipinski definition) is 1. The van der Waals surface area contributed by atoms with E-state index in [0.717, 1.165) is 29.3 Å². The summed E-state index contributed by atoms with van der Waals surface area (Å²) in [6.45, 7) is 4.02. The molecule has 0 aromatic heterocycles. The molecule has 1 aromatic rings. The Bertz CT molecular complexity index is 702. The highest BCUT2D eigenvalue weighted by atomic mass is 32.2. The molecule has 0 saturated carbocycles. The van der Waals surface area contributed by atoms with E-state index in [1.165, 1.54) is 35.9 Å². The fourth-order valence-corrected chi connectivity index (χ4v) is 2.51. The zero-order valence-electron chi connectivity index (χ0n) is 16.3. The first-order chi connectivity index (χ1) is 13.3. The first-order valence-corrected chi connectivity index (χ1v) is 9.89. The second-order valence-corrected chi connectivity index (χ2v) is 7.34. The van der Waals surface area contributed by atoms with Gasteiger partial charge in [0.05, 0.1) is 24.8 Å². The maximum absolute atomic E-state index is 12.3. The van der Waals surface area contributed by atoms with Gasteiger partial charge in [0.25, 0.3) is 0 Å². The fourth-order valence-electron chi connectivity index (χ4n) is 1.84. The van der Waals surface area contributed by atoms with Crippen LogP contribution >= 0.6 is 24.4 Å². The van der Waals surface area contributed by atoms with Gasteiger partial charge in [-0.2, -0.15) is 0 Å². The van der Waals surface area contributed by atoms with Gasteiger partial charge in [0.1, 0.15) is 11.3 Å². The summed E-state index contributed by atoms with van der Waals surface area (Å²) >= 11 is 5.60. The normalized spacial score (nSPS) is 11.1. The van der Waals surface area contributed by atoms with E-state index < -0.39 is 18.1 Å². The van der Waals surface area contributed by atoms with Crippen molar-refractivity contribution in [1.82, 2.24) is 13.9 Å². The molecular weight excluding hydrogens is 402 g/mol. The Balaban J connectivity index is 2.70. The fraction of sp³-hybridized carbons (Fsp3) is 0.444. The largest absolute Gasteiger partial charge is 0.462 e. The summed E-state index contributed by atoms with van der Waals surface area (Å²) in [4.78, 5) is 36.5. The van der Waals surface area contributed by atoms with Crippen molar-refractivity contribution in [3.8, 4) is 5.75 Å². The zero-order valence-corrected chi connectivity index (χ0v) is 18.0. The molecule has 1 atom stereocenters. The lowest BCUT2D eigenvalue weighted by Crippen LogP contribution is -2.41. The van der Waals surface area contributed by atoms with Crippen LogP contribution in [0.2, 0.25) is 0 Å². The molecule has 0 saturated heterocycles. The third-order valence-corrected chi connectivity index (χ3v) is 4.59. The molecule has 1 unspecified atom stereocenters. The third-order valence-electron chi connectivity index (χ3n) is 3.38. The number of carbonyl (C=O) groups excluding carboxylic acids is 3. The molecule has 1 N–H and O–H groups in total. The molecule has 0 radical (unpaired) electrons. The molecule has 28 heavy (non-hydrogen) atoms. The number of urea groups is 1. The van der Waals surface area contributed by atoms with Crippen molar-refractivity contribution in [1.29, 1.82) is 0 Å². The molecule has 0 aliphatic carbocycles. The summed E-state index contributed by atoms with van der Waals surface area (Å²) in [6, 6.07) is 5.62. The van der Waals surface area contributed by atoms with E-state index >= 15 is 0 Å². The number of ether oxygens (including phenoxy) is 2. The van der Waals surface area contributed by atoms with Gasteiger partial charge in [-0.25, -0.2) is 18.7 Å². The number of hydrogen-bond acceptors (Lipinski definition) is 7. The molecule has 0 aliphatic heterocycles. The number of rotatable bonds is 9. The van der Waals surface area contributed by atoms with Gasteiger partial charge in [-0.1, -0.05) is 37.7 Å². The van der Waals surface area contributed by atoms with Crippen LogP contribution in [0.25, 0.3) is 0 Å². The molecule has 1 rings (SSSR count). The maximum atomic E-state index is 12.3. The highest BCUT2D eigenvalue weighted by molar-refractivity contribution is 7.95. The summed E-state index contributed by atoms with van der Waals surface area (Å²) < 4.78 is 12.8. The maximum Gasteiger partial charge on any atom is 0.426 e. The second kappa shape index (κ2) is 12.2. The molecular formula is C18H25N3O5S2. The first-order valence-electron chi connectivity index (χ1n) is 8.69. The average Bonchev–Trinajstić information content (AvgIpc) is 2.68. The van der Waals surface area contributed by atoms with Crippen LogP contribution in [0.15, 0.2) is 24.3 Å². The number of esters is 1. The molecule has 154 valence electrons. The van der Waals surface area contributed by atoms with Gasteiger partial charge in [-0.05, 0) is 25.5 Å². The van der Waals surface area contributed by atoms with Crippen LogP contribution in [0.4, 0.5) is 9.59 Å². The quantitative estimate of drug-likeness (QED) is 0.278. The molecule has 0 spiro atoms. The van der Waals surface area contributed by atoms with Crippen molar-refractivity contribution < 1.29 is 23.9 Å². The Morgan fingerprint density at radius 1 is 1.25 bits per heavy atom. The number of nitrogens with one attached hydrogen (secondary N) is 1. The number of para-hydroxylation sites is 1. The van der Waals surface area contributed by atoms with E-state index in [1.807, 2.05) is 6.92 Å². The Kier molecular flexibility index (Phi) is 10.3. The number of benzene rings is 1. The molecule has 8 nitrogen and oxygen atoms in total. The highest BCUT2D eigenvalue weighted by Crippen LogP contribution is 2.22. The predicted molar refractivity (Wildman–Crippen MR) is 112 cm³/mol. The van der Waals surface area contributed by atoms with Crippen LogP contribution in [0.1, 0.15) is 37.0 Å². The van der Waals surface area contributed by atoms with E-state index in [1.54, 1.807) is 19.1 Å². The SMILES string of the molecule is CCCCOC(=O)c1ccccc1OC(=O)N(C)SN(C)C(=O)NC(C)C=S. The molecule has 1 aromatic carbocycles. The predicted octanol–water partition coefficient (Wildman–Crippen LogP) is 3.67. The molecule has 0 fully saturated rings. The van der Waals surface area contributed by atoms with Gasteiger partial charge in [-0.3, -0.25) is 4.31 Å². The van der Waals surface area contributed by atoms with E-state index in [9.17, 15) is 14.4 Å². The number of carbonyl (C=O) groups is 3. The van der Waals surface area contributed by atoms with E-state index in [4.69, 9.17) is 21.7 Å². The van der Waals surface area contributed by atoms with E-state index in [-0.39, 0.29) is 17.4 Å². The first kappa shape index (κ1) is 23.7. The van der Waals surface area contributed by atoms with Crippen molar-refractivity contribution in [2.45, 2.75) is 32.7 Å². The molecule has 10 heteroatoms. The number of nitrogens with zero attached hydrogens (tertiary/aromatic N) is 2. The second-order valence-electron chi connectivity index (χ2n) is 5.80. The van der Waals surface area contributed by atoms with Crippen molar-refractivity contribution in [2.24, 2.45) is 0 Å². The summed E-state index contributed by atoms with van der Waals surface area (Å²) in [5.74, 6) is -0.472. The summed E-state index contributed by atoms with van der Waals surface area (Å²) in [5, 5.41) is 4.06. The Labute approximate surface area is 174 Å². The number of unbranched alkanes of at least 4 members (excludes halogenated alkanes) is 1. The molecule has 0 heterocycles. The van der Waals surface area contributed by atoms with Crippen molar-refractivity contribution in [3.63, 3.8) is 0 Å². The Morgan fingerprint density at radius 2 is 1.93 bits per heavy atom. The smallest absolute Gasteiger partial charge is 0.426 e. The summed E-state index contributed by atoms with van der Waals surface area (Å²) in [5.41, 5.74) is 0.159. The van der Waals surface area contributed by atoms with Crippen LogP contribution in [-0.4, -0.2) is 58.8 Å². The number of thiocarbonyl (C=S) groups is 1. The Morgan fingerprint density at radius 3 is 2.57 bits per heavy atom. The lowest BCUT2D eigenvalue weighted by atomic mass is 10.2. The van der Waals surface area contributed by atoms with Crippen LogP contribution in [0.5, 0.6) is 5.75 Å². The van der Waals surface area contributed by atoms with Gasteiger partial charge in [-0.15, -0.1) is 0 Å². The molecule has 3 amide bonds. The van der Waals surface area contributed by atoms with E-state index in [2.05, 4.69) is 5.32 Å². The van der Waals surface area contributed by atoms with Crippen molar-refractivity contribution >= 4 is 47.8 Å². The monoisotopic (exact) mass is 427 g/mol. The van der Waals surface area contributed by atoms with Crippen LogP contribution in [0.3, 0.4) is 0 Å². The lowest BCUT2D eigenvalue weighted by Gasteiger charge is -2.23. The van der Waals surface area contributed by atoms with Gasteiger partial charge in [0, 0.05) is 19.5 Å². The van der Waals surface area contributed by atoms with Gasteiger partial charge in [0.15, 0.2) is 0 Å². The van der Waals surface area contributed by atoms with Gasteiger partial charge < -0.3 is 14.8 Å². The Hall–Kier alpha value is -2.33. The highest BCUT2D eigenvalue weighted by Gasteiger charge is 2.21. The van der Waals surface area contributed by atoms with Gasteiger partial charge in [0.2, 0.25) is 0 Å². The summed E-state index contributed by atoms with van der Waals surface area (Å²) in [7, 11) is 2.94. The summed E-state index contributed by atoms with van der Waals surface area (Å²) in [6.07, 6.45) is 0.904. The van der Waals surface area contributed by atoms with Crippen LogP contribution < -0.4 is 10.1 Å². The van der Waals surface area contributed by atoms with E-state index in [0.29, 0.717) is 6.61 Å². The van der Waals surface area contributed by atoms with Crippen molar-refractivity contribution in [2.75, 3.05) is 20.7 Å². The van der Waals surface area contributed by atoms with Gasteiger partial charge >= 0.3 is 18.1 Å². The minimum absolute atomic E-state index is 0.0860. The lowest BCUT2D eigenvalue weighted by molar-refractivity contribution is 0.0496. The minimum Gasteiger partial charge on any atom is -0.462 e. The molecule has 0 bridgehead atoms. The standard InChI is InChI=1S/C18H25N3O5S2/c1-5-6-11-25-16(22)14-9-7-8-10-15(14)26-18(24)21(4)28-20(3)17(23)19-13(2)12-27/h7-10,12-13H,5-6,11H2,1-4H3,(H,19,23). The average molecular weight is 428 g/mol. The van der Waals surface area contributed by atoms with Crippen molar-refractivity contribution in [3.05, 3.63) is 29.8 Å². The topological polar surface area (TPSA) is 88.2 Å². The zero-order chi connectivity index (χ0) is 21.1.